The molecule has 0 unspecified atom stereocenters. The van der Waals surface area contributed by atoms with Gasteiger partial charge in [0.25, 0.3) is 0 Å². The molecule has 0 spiro atoms. The molecule has 0 amide bonds. The van der Waals surface area contributed by atoms with Crippen LogP contribution >= 0.6 is 0 Å². The van der Waals surface area contributed by atoms with Crippen molar-refractivity contribution in [3.8, 4) is 11.3 Å². The van der Waals surface area contributed by atoms with Crippen LogP contribution in [0.5, 0.6) is 0 Å². The fourth-order valence-electron chi connectivity index (χ4n) is 2.18. The molecular formula is C17H15N3O2. The normalized spacial score (nSPS) is 10.4. The van der Waals surface area contributed by atoms with Gasteiger partial charge in [-0.3, -0.25) is 4.68 Å². The fraction of sp³-hybridized carbons (Fsp3) is 0.0588. The highest BCUT2D eigenvalue weighted by atomic mass is 16.4. The standard InChI is InChI=1S/C17H15N3O2/c1-20-16(11-15(19-20)12-5-3-2-4-6-12)18-14-9-7-13(8-10-14)17(21)22/h2-11,18H,1H3,(H,21,22). The number of aromatic nitrogens is 2. The molecule has 22 heavy (non-hydrogen) atoms. The predicted molar refractivity (Wildman–Crippen MR) is 85.3 cm³/mol. The third kappa shape index (κ3) is 2.83. The number of carboxylic acid groups (broad SMARTS) is 1. The molecule has 5 nitrogen and oxygen atoms in total. The maximum Gasteiger partial charge on any atom is 0.335 e. The van der Waals surface area contributed by atoms with Gasteiger partial charge < -0.3 is 10.4 Å². The Morgan fingerprint density at radius 3 is 2.41 bits per heavy atom. The zero-order valence-corrected chi connectivity index (χ0v) is 12.0. The molecule has 1 aromatic heterocycles. The molecule has 3 aromatic rings. The quantitative estimate of drug-likeness (QED) is 0.772. The Bertz CT molecular complexity index is 793. The van der Waals surface area contributed by atoms with E-state index in [1.54, 1.807) is 28.9 Å². The van der Waals surface area contributed by atoms with Crippen molar-refractivity contribution < 1.29 is 9.90 Å². The average molecular weight is 293 g/mol. The highest BCUT2D eigenvalue weighted by Gasteiger charge is 2.08. The van der Waals surface area contributed by atoms with Gasteiger partial charge in [-0.25, -0.2) is 4.79 Å². The van der Waals surface area contributed by atoms with E-state index in [9.17, 15) is 4.79 Å². The first-order valence-electron chi connectivity index (χ1n) is 6.83. The zero-order chi connectivity index (χ0) is 15.5. The van der Waals surface area contributed by atoms with Gasteiger partial charge in [0.1, 0.15) is 5.82 Å². The van der Waals surface area contributed by atoms with Crippen LogP contribution in [-0.4, -0.2) is 20.9 Å². The molecule has 0 aliphatic rings. The first-order chi connectivity index (χ1) is 10.6. The highest BCUT2D eigenvalue weighted by molar-refractivity contribution is 5.88. The van der Waals surface area contributed by atoms with Crippen molar-refractivity contribution in [2.75, 3.05) is 5.32 Å². The van der Waals surface area contributed by atoms with E-state index in [0.717, 1.165) is 22.8 Å². The van der Waals surface area contributed by atoms with Gasteiger partial charge in [-0.2, -0.15) is 5.10 Å². The summed E-state index contributed by atoms with van der Waals surface area (Å²) in [5.41, 5.74) is 3.01. The van der Waals surface area contributed by atoms with E-state index in [2.05, 4.69) is 10.4 Å². The predicted octanol–water partition coefficient (Wildman–Crippen LogP) is 3.53. The van der Waals surface area contributed by atoms with Crippen LogP contribution in [0.4, 0.5) is 11.5 Å². The molecule has 0 bridgehead atoms. The van der Waals surface area contributed by atoms with E-state index < -0.39 is 5.97 Å². The van der Waals surface area contributed by atoms with Crippen molar-refractivity contribution in [2.45, 2.75) is 0 Å². The molecule has 0 fully saturated rings. The Morgan fingerprint density at radius 1 is 1.09 bits per heavy atom. The summed E-state index contributed by atoms with van der Waals surface area (Å²) in [5, 5.41) is 16.6. The second-order valence-corrected chi connectivity index (χ2v) is 4.91. The number of hydrogen-bond acceptors (Lipinski definition) is 3. The smallest absolute Gasteiger partial charge is 0.335 e. The second-order valence-electron chi connectivity index (χ2n) is 4.91. The number of anilines is 2. The monoisotopic (exact) mass is 293 g/mol. The number of benzene rings is 2. The summed E-state index contributed by atoms with van der Waals surface area (Å²) < 4.78 is 1.76. The van der Waals surface area contributed by atoms with Gasteiger partial charge >= 0.3 is 5.97 Å². The number of nitrogens with one attached hydrogen (secondary N) is 1. The van der Waals surface area contributed by atoms with E-state index in [0.29, 0.717) is 0 Å². The number of aryl methyl sites for hydroxylation is 1. The third-order valence-corrected chi connectivity index (χ3v) is 3.35. The number of aromatic carboxylic acids is 1. The van der Waals surface area contributed by atoms with Crippen LogP contribution < -0.4 is 5.32 Å². The first kappa shape index (κ1) is 13.9. The van der Waals surface area contributed by atoms with Gasteiger partial charge in [0.15, 0.2) is 0 Å². The minimum atomic E-state index is -0.932. The van der Waals surface area contributed by atoms with Crippen LogP contribution in [-0.2, 0) is 7.05 Å². The summed E-state index contributed by atoms with van der Waals surface area (Å²) in [6.07, 6.45) is 0. The van der Waals surface area contributed by atoms with Crippen molar-refractivity contribution in [2.24, 2.45) is 7.05 Å². The van der Waals surface area contributed by atoms with Crippen molar-refractivity contribution in [3.05, 3.63) is 66.2 Å². The lowest BCUT2D eigenvalue weighted by molar-refractivity contribution is 0.0697. The van der Waals surface area contributed by atoms with Crippen molar-refractivity contribution in [3.63, 3.8) is 0 Å². The third-order valence-electron chi connectivity index (χ3n) is 3.35. The number of carbonyl (C=O) groups is 1. The number of hydrogen-bond donors (Lipinski definition) is 2. The van der Waals surface area contributed by atoms with Crippen molar-refractivity contribution in [1.82, 2.24) is 9.78 Å². The van der Waals surface area contributed by atoms with Gasteiger partial charge in [-0.15, -0.1) is 0 Å². The van der Waals surface area contributed by atoms with Crippen LogP contribution in [0, 0.1) is 0 Å². The molecule has 0 aliphatic carbocycles. The molecule has 2 aromatic carbocycles. The molecule has 0 radical (unpaired) electrons. The summed E-state index contributed by atoms with van der Waals surface area (Å²) in [5.74, 6) is -0.0969. The maximum absolute atomic E-state index is 10.9. The molecule has 0 saturated carbocycles. The maximum atomic E-state index is 10.9. The Kier molecular flexibility index (Phi) is 3.62. The average Bonchev–Trinajstić information content (AvgIpc) is 2.90. The number of carboxylic acids is 1. The van der Waals surface area contributed by atoms with E-state index in [-0.39, 0.29) is 5.56 Å². The molecule has 3 rings (SSSR count). The molecule has 5 heteroatoms. The minimum absolute atomic E-state index is 0.264. The molecule has 110 valence electrons. The van der Waals surface area contributed by atoms with Gasteiger partial charge in [-0.05, 0) is 24.3 Å². The summed E-state index contributed by atoms with van der Waals surface area (Å²) >= 11 is 0. The molecule has 1 heterocycles. The number of rotatable bonds is 4. The number of nitrogens with zero attached hydrogens (tertiary/aromatic N) is 2. The van der Waals surface area contributed by atoms with Crippen LogP contribution in [0.3, 0.4) is 0 Å². The van der Waals surface area contributed by atoms with Gasteiger partial charge in [0, 0.05) is 24.4 Å². The lowest BCUT2D eigenvalue weighted by atomic mass is 10.1. The molecular weight excluding hydrogens is 278 g/mol. The van der Waals surface area contributed by atoms with E-state index in [1.165, 1.54) is 0 Å². The van der Waals surface area contributed by atoms with Crippen LogP contribution in [0.1, 0.15) is 10.4 Å². The minimum Gasteiger partial charge on any atom is -0.478 e. The second kappa shape index (κ2) is 5.73. The molecule has 0 atom stereocenters. The molecule has 0 saturated heterocycles. The van der Waals surface area contributed by atoms with E-state index in [1.807, 2.05) is 43.4 Å². The van der Waals surface area contributed by atoms with Crippen LogP contribution in [0.2, 0.25) is 0 Å². The summed E-state index contributed by atoms with van der Waals surface area (Å²) in [6, 6.07) is 18.5. The lowest BCUT2D eigenvalue weighted by Gasteiger charge is -2.06. The van der Waals surface area contributed by atoms with E-state index in [4.69, 9.17) is 5.11 Å². The SMILES string of the molecule is Cn1nc(-c2ccccc2)cc1Nc1ccc(C(=O)O)cc1. The summed E-state index contributed by atoms with van der Waals surface area (Å²) in [7, 11) is 1.86. The Hall–Kier alpha value is -3.08. The first-order valence-corrected chi connectivity index (χ1v) is 6.83. The van der Waals surface area contributed by atoms with Crippen molar-refractivity contribution in [1.29, 1.82) is 0 Å². The Balaban J connectivity index is 1.84. The zero-order valence-electron chi connectivity index (χ0n) is 12.0. The highest BCUT2D eigenvalue weighted by Crippen LogP contribution is 2.23. The lowest BCUT2D eigenvalue weighted by Crippen LogP contribution is -2.00. The van der Waals surface area contributed by atoms with Crippen LogP contribution in [0.25, 0.3) is 11.3 Å². The molecule has 0 aliphatic heterocycles. The summed E-state index contributed by atoms with van der Waals surface area (Å²) in [6.45, 7) is 0. The van der Waals surface area contributed by atoms with Gasteiger partial charge in [0.05, 0.1) is 11.3 Å². The largest absolute Gasteiger partial charge is 0.478 e. The Labute approximate surface area is 127 Å². The van der Waals surface area contributed by atoms with E-state index >= 15 is 0 Å². The van der Waals surface area contributed by atoms with Gasteiger partial charge in [0.2, 0.25) is 0 Å². The molecule has 2 N–H and O–H groups in total. The summed E-state index contributed by atoms with van der Waals surface area (Å²) in [4.78, 5) is 10.9. The Morgan fingerprint density at radius 2 is 1.77 bits per heavy atom. The van der Waals surface area contributed by atoms with Crippen LogP contribution in [0.15, 0.2) is 60.7 Å². The van der Waals surface area contributed by atoms with Gasteiger partial charge in [-0.1, -0.05) is 30.3 Å². The van der Waals surface area contributed by atoms with Crippen molar-refractivity contribution >= 4 is 17.5 Å². The topological polar surface area (TPSA) is 67.2 Å². The fourth-order valence-corrected chi connectivity index (χ4v) is 2.18.